The lowest BCUT2D eigenvalue weighted by Crippen LogP contribution is -2.29. The molecular weight excluding hydrogens is 248 g/mol. The molecule has 18 heavy (non-hydrogen) atoms. The molecule has 0 radical (unpaired) electrons. The molecule has 0 heterocycles. The summed E-state index contributed by atoms with van der Waals surface area (Å²) in [5.74, 6) is -0.0404. The number of hydrogen-bond donors (Lipinski definition) is 2. The van der Waals surface area contributed by atoms with E-state index in [1.807, 2.05) is 6.92 Å². The second-order valence-corrected chi connectivity index (χ2v) is 6.59. The monoisotopic (exact) mass is 270 g/mol. The lowest BCUT2D eigenvalue weighted by Gasteiger charge is -2.19. The molecule has 0 saturated carbocycles. The largest absolute Gasteiger partial charge is 0.309 e. The van der Waals surface area contributed by atoms with Crippen molar-refractivity contribution in [3.63, 3.8) is 0 Å². The lowest BCUT2D eigenvalue weighted by molar-refractivity contribution is 0.571. The molecule has 0 bridgehead atoms. The van der Waals surface area contributed by atoms with Crippen LogP contribution in [0.4, 0.5) is 0 Å². The van der Waals surface area contributed by atoms with Crippen molar-refractivity contribution in [2.75, 3.05) is 12.3 Å². The zero-order chi connectivity index (χ0) is 13.9. The van der Waals surface area contributed by atoms with Crippen LogP contribution in [-0.2, 0) is 10.0 Å². The van der Waals surface area contributed by atoms with Crippen LogP contribution in [0.15, 0.2) is 12.1 Å². The smallest absolute Gasteiger partial charge is 0.210 e. The van der Waals surface area contributed by atoms with Crippen LogP contribution in [0.3, 0.4) is 0 Å². The molecule has 4 nitrogen and oxygen atoms in total. The highest BCUT2D eigenvalue weighted by Gasteiger charge is 2.12. The number of primary sulfonamides is 1. The lowest BCUT2D eigenvalue weighted by atomic mass is 9.95. The van der Waals surface area contributed by atoms with Crippen LogP contribution < -0.4 is 10.5 Å². The van der Waals surface area contributed by atoms with Crippen LogP contribution in [0.1, 0.15) is 35.2 Å². The third kappa shape index (κ3) is 4.40. The average molecular weight is 270 g/mol. The Labute approximate surface area is 110 Å². The maximum absolute atomic E-state index is 10.9. The minimum atomic E-state index is -3.39. The van der Waals surface area contributed by atoms with E-state index >= 15 is 0 Å². The van der Waals surface area contributed by atoms with Crippen LogP contribution in [0.25, 0.3) is 0 Å². The molecule has 3 N–H and O–H groups in total. The van der Waals surface area contributed by atoms with Crippen LogP contribution in [-0.4, -0.2) is 20.7 Å². The van der Waals surface area contributed by atoms with Gasteiger partial charge in [0.25, 0.3) is 0 Å². The van der Waals surface area contributed by atoms with Crippen molar-refractivity contribution in [3.05, 3.63) is 34.4 Å². The standard InChI is InChI=1S/C13H22N2O2S/c1-9-7-10(2)13(11(3)8-9)12(4)15-5-6-18(14,16)17/h7-8,12,15H,5-6H2,1-4H3,(H2,14,16,17). The fourth-order valence-electron chi connectivity index (χ4n) is 2.39. The van der Waals surface area contributed by atoms with E-state index in [1.165, 1.54) is 22.3 Å². The molecule has 0 saturated heterocycles. The summed E-state index contributed by atoms with van der Waals surface area (Å²) in [6, 6.07) is 4.40. The maximum atomic E-state index is 10.9. The first-order chi connectivity index (χ1) is 8.20. The van der Waals surface area contributed by atoms with Crippen LogP contribution in [0.2, 0.25) is 0 Å². The molecule has 1 atom stereocenters. The third-order valence-electron chi connectivity index (χ3n) is 3.01. The van der Waals surface area contributed by atoms with Gasteiger partial charge in [-0.2, -0.15) is 0 Å². The van der Waals surface area contributed by atoms with Gasteiger partial charge in [0.05, 0.1) is 5.75 Å². The molecular formula is C13H22N2O2S. The fourth-order valence-corrected chi connectivity index (χ4v) is 2.80. The molecule has 1 aromatic carbocycles. The first kappa shape index (κ1) is 15.1. The molecule has 0 fully saturated rings. The average Bonchev–Trinajstić information content (AvgIpc) is 2.13. The highest BCUT2D eigenvalue weighted by Crippen LogP contribution is 2.23. The first-order valence-corrected chi connectivity index (χ1v) is 7.74. The SMILES string of the molecule is Cc1cc(C)c(C(C)NCCS(N)(=O)=O)c(C)c1. The Morgan fingerprint density at radius 3 is 2.17 bits per heavy atom. The maximum Gasteiger partial charge on any atom is 0.210 e. The molecule has 0 aromatic heterocycles. The van der Waals surface area contributed by atoms with Crippen LogP contribution in [0, 0.1) is 20.8 Å². The summed E-state index contributed by atoms with van der Waals surface area (Å²) in [5, 5.41) is 8.17. The summed E-state index contributed by atoms with van der Waals surface area (Å²) in [7, 11) is -3.39. The molecule has 0 spiro atoms. The molecule has 0 aliphatic rings. The molecule has 5 heteroatoms. The summed E-state index contributed by atoms with van der Waals surface area (Å²) in [5.41, 5.74) is 4.92. The Hall–Kier alpha value is -0.910. The first-order valence-electron chi connectivity index (χ1n) is 6.02. The van der Waals surface area contributed by atoms with Crippen molar-refractivity contribution in [3.8, 4) is 0 Å². The Morgan fingerprint density at radius 1 is 1.22 bits per heavy atom. The number of rotatable bonds is 5. The predicted molar refractivity (Wildman–Crippen MR) is 75.0 cm³/mol. The van der Waals surface area contributed by atoms with Crippen molar-refractivity contribution in [1.29, 1.82) is 0 Å². The molecule has 0 aliphatic carbocycles. The number of nitrogens with two attached hydrogens (primary N) is 1. The zero-order valence-corrected chi connectivity index (χ0v) is 12.3. The highest BCUT2D eigenvalue weighted by atomic mass is 32.2. The third-order valence-corrected chi connectivity index (χ3v) is 3.78. The Kier molecular flexibility index (Phi) is 4.90. The van der Waals surface area contributed by atoms with Gasteiger partial charge in [0.15, 0.2) is 0 Å². The van der Waals surface area contributed by atoms with E-state index in [1.54, 1.807) is 0 Å². The summed E-state index contributed by atoms with van der Waals surface area (Å²) in [6.45, 7) is 8.63. The van der Waals surface area contributed by atoms with Gasteiger partial charge in [-0.3, -0.25) is 0 Å². The van der Waals surface area contributed by atoms with Gasteiger partial charge in [0.1, 0.15) is 0 Å². The van der Waals surface area contributed by atoms with Gasteiger partial charge in [-0.15, -0.1) is 0 Å². The van der Waals surface area contributed by atoms with Crippen molar-refractivity contribution >= 4 is 10.0 Å². The minimum absolute atomic E-state index is 0.0404. The normalized spacial score (nSPS) is 13.6. The van der Waals surface area contributed by atoms with Gasteiger partial charge < -0.3 is 5.32 Å². The van der Waals surface area contributed by atoms with E-state index in [-0.39, 0.29) is 11.8 Å². The molecule has 1 aromatic rings. The molecule has 1 rings (SSSR count). The number of sulfonamides is 1. The van der Waals surface area contributed by atoms with Gasteiger partial charge in [-0.1, -0.05) is 17.7 Å². The summed E-state index contributed by atoms with van der Waals surface area (Å²) < 4.78 is 21.7. The van der Waals surface area contributed by atoms with Crippen LogP contribution in [0.5, 0.6) is 0 Å². The second-order valence-electron chi connectivity index (χ2n) is 4.86. The van der Waals surface area contributed by atoms with Gasteiger partial charge >= 0.3 is 0 Å². The molecule has 0 amide bonds. The van der Waals surface area contributed by atoms with E-state index in [0.29, 0.717) is 6.54 Å². The predicted octanol–water partition coefficient (Wildman–Crippen LogP) is 1.55. The Morgan fingerprint density at radius 2 is 1.72 bits per heavy atom. The summed E-state index contributed by atoms with van der Waals surface area (Å²) in [6.07, 6.45) is 0. The van der Waals surface area contributed by atoms with E-state index in [9.17, 15) is 8.42 Å². The summed E-state index contributed by atoms with van der Waals surface area (Å²) >= 11 is 0. The highest BCUT2D eigenvalue weighted by molar-refractivity contribution is 7.89. The Bertz CT molecular complexity index is 501. The molecule has 0 aliphatic heterocycles. The number of hydrogen-bond acceptors (Lipinski definition) is 3. The van der Waals surface area contributed by atoms with Gasteiger partial charge in [-0.05, 0) is 44.4 Å². The van der Waals surface area contributed by atoms with Crippen molar-refractivity contribution < 1.29 is 8.42 Å². The number of nitrogens with one attached hydrogen (secondary N) is 1. The van der Waals surface area contributed by atoms with Gasteiger partial charge in [-0.25, -0.2) is 13.6 Å². The Balaban J connectivity index is 2.76. The van der Waals surface area contributed by atoms with E-state index < -0.39 is 10.0 Å². The minimum Gasteiger partial charge on any atom is -0.309 e. The van der Waals surface area contributed by atoms with Gasteiger partial charge in [0, 0.05) is 12.6 Å². The zero-order valence-electron chi connectivity index (χ0n) is 11.4. The second kappa shape index (κ2) is 5.82. The van der Waals surface area contributed by atoms with E-state index in [0.717, 1.165) is 0 Å². The van der Waals surface area contributed by atoms with Crippen LogP contribution >= 0.6 is 0 Å². The number of aryl methyl sites for hydroxylation is 3. The quantitative estimate of drug-likeness (QED) is 0.852. The summed E-state index contributed by atoms with van der Waals surface area (Å²) in [4.78, 5) is 0. The fraction of sp³-hybridized carbons (Fsp3) is 0.538. The topological polar surface area (TPSA) is 72.2 Å². The van der Waals surface area contributed by atoms with E-state index in [4.69, 9.17) is 5.14 Å². The van der Waals surface area contributed by atoms with Crippen molar-refractivity contribution in [2.24, 2.45) is 5.14 Å². The van der Waals surface area contributed by atoms with Crippen molar-refractivity contribution in [1.82, 2.24) is 5.32 Å². The van der Waals surface area contributed by atoms with Gasteiger partial charge in [0.2, 0.25) is 10.0 Å². The molecule has 1 unspecified atom stereocenters. The number of benzene rings is 1. The van der Waals surface area contributed by atoms with Crippen molar-refractivity contribution in [2.45, 2.75) is 33.7 Å². The molecule has 102 valence electrons. The van der Waals surface area contributed by atoms with E-state index in [2.05, 4.69) is 38.2 Å².